The zero-order valence-electron chi connectivity index (χ0n) is 10.1. The Kier molecular flexibility index (Phi) is 7.33. The van der Waals surface area contributed by atoms with Gasteiger partial charge in [0.25, 0.3) is 0 Å². The van der Waals surface area contributed by atoms with Gasteiger partial charge in [0.1, 0.15) is 6.29 Å². The van der Waals surface area contributed by atoms with Crippen LogP contribution in [0.3, 0.4) is 0 Å². The lowest BCUT2D eigenvalue weighted by Gasteiger charge is -2.06. The molecule has 0 atom stereocenters. The standard InChI is InChI=1S/C11H17N.C2H4O/c1-9(2)7-10-5-4-6-11(8-10)12-3;1-2-3/h4-6,8-9,12H,7H2,1-3H3;2H,1H3. The van der Waals surface area contributed by atoms with Crippen molar-refractivity contribution in [1.29, 1.82) is 0 Å². The van der Waals surface area contributed by atoms with Crippen LogP contribution in [0.15, 0.2) is 24.3 Å². The van der Waals surface area contributed by atoms with Gasteiger partial charge < -0.3 is 10.1 Å². The van der Waals surface area contributed by atoms with Crippen molar-refractivity contribution in [3.63, 3.8) is 0 Å². The van der Waals surface area contributed by atoms with E-state index in [9.17, 15) is 0 Å². The minimum atomic E-state index is 0.733. The second-order valence-corrected chi connectivity index (χ2v) is 3.78. The van der Waals surface area contributed by atoms with Gasteiger partial charge in [0.2, 0.25) is 0 Å². The first kappa shape index (κ1) is 13.7. The Balaban J connectivity index is 0.000000583. The molecule has 0 unspecified atom stereocenters. The van der Waals surface area contributed by atoms with Crippen LogP contribution >= 0.6 is 0 Å². The molecule has 0 fully saturated rings. The van der Waals surface area contributed by atoms with E-state index in [1.54, 1.807) is 0 Å². The summed E-state index contributed by atoms with van der Waals surface area (Å²) in [6.45, 7) is 5.93. The Morgan fingerprint density at radius 3 is 2.47 bits per heavy atom. The van der Waals surface area contributed by atoms with Crippen molar-refractivity contribution in [2.75, 3.05) is 12.4 Å². The summed E-state index contributed by atoms with van der Waals surface area (Å²) in [5.41, 5.74) is 2.62. The highest BCUT2D eigenvalue weighted by Crippen LogP contribution is 2.13. The van der Waals surface area contributed by atoms with Gasteiger partial charge in [0.05, 0.1) is 0 Å². The molecule has 1 rings (SSSR count). The van der Waals surface area contributed by atoms with E-state index in [-0.39, 0.29) is 0 Å². The number of hydrogen-bond donors (Lipinski definition) is 1. The predicted molar refractivity (Wildman–Crippen MR) is 66.3 cm³/mol. The van der Waals surface area contributed by atoms with E-state index in [0.29, 0.717) is 0 Å². The Morgan fingerprint density at radius 1 is 1.40 bits per heavy atom. The Hall–Kier alpha value is -1.31. The third kappa shape index (κ3) is 6.72. The number of nitrogens with one attached hydrogen (secondary N) is 1. The summed E-state index contributed by atoms with van der Waals surface area (Å²) in [5, 5.41) is 3.14. The second-order valence-electron chi connectivity index (χ2n) is 3.78. The minimum absolute atomic E-state index is 0.733. The van der Waals surface area contributed by atoms with Crippen molar-refractivity contribution in [2.24, 2.45) is 5.92 Å². The zero-order valence-corrected chi connectivity index (χ0v) is 10.1. The normalized spacial score (nSPS) is 9.13. The van der Waals surface area contributed by atoms with E-state index in [4.69, 9.17) is 4.79 Å². The summed E-state index contributed by atoms with van der Waals surface area (Å²) >= 11 is 0. The molecule has 0 amide bonds. The van der Waals surface area contributed by atoms with E-state index < -0.39 is 0 Å². The molecule has 0 spiro atoms. The molecule has 2 heteroatoms. The zero-order chi connectivity index (χ0) is 11.7. The van der Waals surface area contributed by atoms with Gasteiger partial charge in [0.15, 0.2) is 0 Å². The van der Waals surface area contributed by atoms with Crippen LogP contribution in [-0.4, -0.2) is 13.3 Å². The smallest absolute Gasteiger partial charge is 0.116 e. The number of anilines is 1. The molecule has 1 N–H and O–H groups in total. The molecule has 1 aromatic rings. The fourth-order valence-corrected chi connectivity index (χ4v) is 1.33. The average molecular weight is 207 g/mol. The van der Waals surface area contributed by atoms with Crippen LogP contribution in [0.5, 0.6) is 0 Å². The molecular formula is C13H21NO. The van der Waals surface area contributed by atoms with Gasteiger partial charge in [-0.1, -0.05) is 26.0 Å². The first-order chi connectivity index (χ1) is 7.13. The molecule has 0 saturated heterocycles. The largest absolute Gasteiger partial charge is 0.388 e. The molecule has 0 aliphatic heterocycles. The van der Waals surface area contributed by atoms with Gasteiger partial charge in [-0.25, -0.2) is 0 Å². The van der Waals surface area contributed by atoms with Gasteiger partial charge >= 0.3 is 0 Å². The molecule has 0 saturated carbocycles. The highest BCUT2D eigenvalue weighted by Gasteiger charge is 1.97. The lowest BCUT2D eigenvalue weighted by Crippen LogP contribution is -1.95. The molecule has 0 aliphatic rings. The van der Waals surface area contributed by atoms with Crippen molar-refractivity contribution in [3.8, 4) is 0 Å². The molecule has 0 aliphatic carbocycles. The predicted octanol–water partition coefficient (Wildman–Crippen LogP) is 3.13. The van der Waals surface area contributed by atoms with Crippen LogP contribution < -0.4 is 5.32 Å². The minimum Gasteiger partial charge on any atom is -0.388 e. The molecule has 0 aromatic heterocycles. The molecule has 0 bridgehead atoms. The molecule has 84 valence electrons. The molecule has 0 radical (unpaired) electrons. The molecule has 15 heavy (non-hydrogen) atoms. The van der Waals surface area contributed by atoms with Crippen LogP contribution in [0.2, 0.25) is 0 Å². The van der Waals surface area contributed by atoms with Crippen LogP contribution in [0.1, 0.15) is 26.3 Å². The maximum atomic E-state index is 8.81. The van der Waals surface area contributed by atoms with Crippen molar-refractivity contribution >= 4 is 12.0 Å². The molecule has 2 nitrogen and oxygen atoms in total. The molecule has 1 aromatic carbocycles. The lowest BCUT2D eigenvalue weighted by atomic mass is 10.0. The van der Waals surface area contributed by atoms with Crippen LogP contribution in [0.25, 0.3) is 0 Å². The summed E-state index contributed by atoms with van der Waals surface area (Å²) < 4.78 is 0. The monoisotopic (exact) mass is 207 g/mol. The first-order valence-corrected chi connectivity index (χ1v) is 5.30. The third-order valence-electron chi connectivity index (χ3n) is 1.86. The fraction of sp³-hybridized carbons (Fsp3) is 0.462. The maximum Gasteiger partial charge on any atom is 0.116 e. The lowest BCUT2D eigenvalue weighted by molar-refractivity contribution is -0.106. The number of benzene rings is 1. The summed E-state index contributed by atoms with van der Waals surface area (Å²) in [5.74, 6) is 0.733. The van der Waals surface area contributed by atoms with E-state index in [0.717, 1.165) is 18.6 Å². The van der Waals surface area contributed by atoms with Crippen LogP contribution in [0, 0.1) is 5.92 Å². The van der Waals surface area contributed by atoms with Gasteiger partial charge in [-0.2, -0.15) is 0 Å². The highest BCUT2D eigenvalue weighted by molar-refractivity contribution is 5.45. The molecular weight excluding hydrogens is 186 g/mol. The number of hydrogen-bond acceptors (Lipinski definition) is 2. The van der Waals surface area contributed by atoms with Gasteiger partial charge in [-0.05, 0) is 37.0 Å². The summed E-state index contributed by atoms with van der Waals surface area (Å²) in [4.78, 5) is 8.81. The fourth-order valence-electron chi connectivity index (χ4n) is 1.33. The third-order valence-corrected chi connectivity index (χ3v) is 1.86. The van der Waals surface area contributed by atoms with Crippen molar-refractivity contribution < 1.29 is 4.79 Å². The molecule has 0 heterocycles. The Morgan fingerprint density at radius 2 is 2.00 bits per heavy atom. The van der Waals surface area contributed by atoms with Gasteiger partial charge in [0, 0.05) is 12.7 Å². The quantitative estimate of drug-likeness (QED) is 0.771. The van der Waals surface area contributed by atoms with E-state index in [2.05, 4.69) is 43.4 Å². The number of carbonyl (C=O) groups is 1. The van der Waals surface area contributed by atoms with Gasteiger partial charge in [-0.15, -0.1) is 0 Å². The average Bonchev–Trinajstić information content (AvgIpc) is 2.18. The Bertz CT molecular complexity index is 282. The van der Waals surface area contributed by atoms with Gasteiger partial charge in [-0.3, -0.25) is 0 Å². The maximum absolute atomic E-state index is 8.81. The van der Waals surface area contributed by atoms with Crippen LogP contribution in [-0.2, 0) is 11.2 Å². The van der Waals surface area contributed by atoms with Crippen molar-refractivity contribution in [1.82, 2.24) is 0 Å². The summed E-state index contributed by atoms with van der Waals surface area (Å²) in [6, 6.07) is 8.58. The topological polar surface area (TPSA) is 29.1 Å². The van der Waals surface area contributed by atoms with E-state index >= 15 is 0 Å². The summed E-state index contributed by atoms with van der Waals surface area (Å²) in [7, 11) is 1.95. The van der Waals surface area contributed by atoms with E-state index in [1.165, 1.54) is 18.2 Å². The van der Waals surface area contributed by atoms with E-state index in [1.807, 2.05) is 7.05 Å². The SMILES string of the molecule is CC=O.CNc1cccc(CC(C)C)c1. The number of rotatable bonds is 3. The summed E-state index contributed by atoms with van der Waals surface area (Å²) in [6.07, 6.45) is 1.91. The highest BCUT2D eigenvalue weighted by atomic mass is 16.1. The van der Waals surface area contributed by atoms with Crippen molar-refractivity contribution in [2.45, 2.75) is 27.2 Å². The first-order valence-electron chi connectivity index (χ1n) is 5.30. The Labute approximate surface area is 92.7 Å². The number of aldehydes is 1. The second kappa shape index (κ2) is 8.04. The van der Waals surface area contributed by atoms with Crippen molar-refractivity contribution in [3.05, 3.63) is 29.8 Å². The van der Waals surface area contributed by atoms with Crippen LogP contribution in [0.4, 0.5) is 5.69 Å². The number of carbonyl (C=O) groups excluding carboxylic acids is 1.